The van der Waals surface area contributed by atoms with Crippen molar-refractivity contribution >= 4 is 22.7 Å². The Kier molecular flexibility index (Phi) is 6.87. The van der Waals surface area contributed by atoms with Gasteiger partial charge in [0.1, 0.15) is 10.7 Å². The Morgan fingerprint density at radius 3 is 2.50 bits per heavy atom. The van der Waals surface area contributed by atoms with Gasteiger partial charge in [-0.2, -0.15) is 0 Å². The molecule has 2 aromatic carbocycles. The molecule has 0 spiro atoms. The van der Waals surface area contributed by atoms with Gasteiger partial charge in [-0.05, 0) is 38.1 Å². The van der Waals surface area contributed by atoms with E-state index >= 15 is 0 Å². The first kappa shape index (κ1) is 22.0. The number of hydrogen-bond acceptors (Lipinski definition) is 8. The van der Waals surface area contributed by atoms with Crippen LogP contribution < -0.4 is 14.4 Å². The molecular weight excluding hydrogens is 430 g/mol. The van der Waals surface area contributed by atoms with Crippen LogP contribution in [0.2, 0.25) is 0 Å². The van der Waals surface area contributed by atoms with Crippen molar-refractivity contribution in [2.24, 2.45) is 0 Å². The van der Waals surface area contributed by atoms with E-state index < -0.39 is 0 Å². The number of rotatable bonds is 8. The predicted molar refractivity (Wildman–Crippen MR) is 125 cm³/mol. The Hall–Kier alpha value is -3.17. The molecule has 8 nitrogen and oxygen atoms in total. The lowest BCUT2D eigenvalue weighted by Crippen LogP contribution is -2.36. The number of nitrogens with zero attached hydrogens (tertiary/aromatic N) is 3. The fraction of sp³-hybridized carbons (Fsp3) is 0.348. The third-order valence-electron chi connectivity index (χ3n) is 5.11. The van der Waals surface area contributed by atoms with Gasteiger partial charge in [-0.25, -0.2) is 4.98 Å². The van der Waals surface area contributed by atoms with Gasteiger partial charge in [0.25, 0.3) is 5.69 Å². The lowest BCUT2D eigenvalue weighted by Gasteiger charge is -2.28. The van der Waals surface area contributed by atoms with Crippen molar-refractivity contribution in [3.63, 3.8) is 0 Å². The molecule has 1 aromatic heterocycles. The SMILES string of the molecule is CCOc1ccc(-c2nc(-c3ccc(N4CCOCC4)c([N+](=O)[O-])c3)cs2)cc1OCC. The zero-order chi connectivity index (χ0) is 22.5. The Balaban J connectivity index is 1.64. The summed E-state index contributed by atoms with van der Waals surface area (Å²) in [7, 11) is 0. The standard InChI is InChI=1S/C23H25N3O5S/c1-3-30-21-8-6-17(14-22(21)31-4-2)23-24-18(15-32-23)16-5-7-19(20(13-16)26(27)28)25-9-11-29-12-10-25/h5-8,13-15H,3-4,9-12H2,1-2H3. The molecule has 1 aliphatic heterocycles. The van der Waals surface area contributed by atoms with E-state index in [1.807, 2.05) is 54.5 Å². The molecule has 9 heteroatoms. The third kappa shape index (κ3) is 4.68. The summed E-state index contributed by atoms with van der Waals surface area (Å²) < 4.78 is 16.7. The van der Waals surface area contributed by atoms with Crippen LogP contribution >= 0.6 is 11.3 Å². The number of ether oxygens (including phenoxy) is 3. The highest BCUT2D eigenvalue weighted by Crippen LogP contribution is 2.37. The van der Waals surface area contributed by atoms with Crippen molar-refractivity contribution in [1.29, 1.82) is 0 Å². The molecule has 32 heavy (non-hydrogen) atoms. The van der Waals surface area contributed by atoms with Crippen molar-refractivity contribution in [2.45, 2.75) is 13.8 Å². The molecule has 0 atom stereocenters. The van der Waals surface area contributed by atoms with Crippen LogP contribution in [0.25, 0.3) is 21.8 Å². The van der Waals surface area contributed by atoms with E-state index in [-0.39, 0.29) is 10.6 Å². The summed E-state index contributed by atoms with van der Waals surface area (Å²) in [6.07, 6.45) is 0. The topological polar surface area (TPSA) is 87.0 Å². The number of anilines is 1. The van der Waals surface area contributed by atoms with E-state index in [0.29, 0.717) is 68.0 Å². The van der Waals surface area contributed by atoms with Gasteiger partial charge in [0.15, 0.2) is 11.5 Å². The first-order valence-corrected chi connectivity index (χ1v) is 11.5. The van der Waals surface area contributed by atoms with Crippen LogP contribution in [-0.4, -0.2) is 49.4 Å². The Morgan fingerprint density at radius 2 is 1.78 bits per heavy atom. The van der Waals surface area contributed by atoms with E-state index in [2.05, 4.69) is 0 Å². The van der Waals surface area contributed by atoms with Gasteiger partial charge in [-0.1, -0.05) is 6.07 Å². The summed E-state index contributed by atoms with van der Waals surface area (Å²) >= 11 is 1.49. The molecule has 168 valence electrons. The molecule has 0 radical (unpaired) electrons. The third-order valence-corrected chi connectivity index (χ3v) is 6.01. The maximum absolute atomic E-state index is 11.8. The normalized spacial score (nSPS) is 13.8. The summed E-state index contributed by atoms with van der Waals surface area (Å²) in [5.41, 5.74) is 3.03. The minimum atomic E-state index is -0.331. The molecule has 1 fully saturated rings. The molecule has 0 amide bonds. The van der Waals surface area contributed by atoms with E-state index in [1.54, 1.807) is 6.07 Å². The van der Waals surface area contributed by atoms with Crippen molar-refractivity contribution in [2.75, 3.05) is 44.4 Å². The summed E-state index contributed by atoms with van der Waals surface area (Å²) in [4.78, 5) is 18.2. The molecule has 0 saturated carbocycles. The molecule has 3 aromatic rings. The Bertz CT molecular complexity index is 1090. The molecule has 0 unspecified atom stereocenters. The van der Waals surface area contributed by atoms with Gasteiger partial charge >= 0.3 is 0 Å². The maximum atomic E-state index is 11.8. The molecule has 1 saturated heterocycles. The number of nitro groups is 1. The van der Waals surface area contributed by atoms with Crippen molar-refractivity contribution in [3.05, 3.63) is 51.9 Å². The summed E-state index contributed by atoms with van der Waals surface area (Å²) in [5.74, 6) is 1.37. The lowest BCUT2D eigenvalue weighted by molar-refractivity contribution is -0.384. The monoisotopic (exact) mass is 455 g/mol. The van der Waals surface area contributed by atoms with Crippen LogP contribution in [0.4, 0.5) is 11.4 Å². The molecule has 2 heterocycles. The number of thiazole rings is 1. The highest BCUT2D eigenvalue weighted by molar-refractivity contribution is 7.13. The van der Waals surface area contributed by atoms with Gasteiger partial charge in [-0.3, -0.25) is 10.1 Å². The smallest absolute Gasteiger partial charge is 0.293 e. The molecular formula is C23H25N3O5S. The number of aromatic nitrogens is 1. The van der Waals surface area contributed by atoms with Crippen molar-refractivity contribution in [1.82, 2.24) is 4.98 Å². The zero-order valence-electron chi connectivity index (χ0n) is 18.1. The first-order valence-electron chi connectivity index (χ1n) is 10.6. The quantitative estimate of drug-likeness (QED) is 0.348. The molecule has 0 bridgehead atoms. The van der Waals surface area contributed by atoms with E-state index in [4.69, 9.17) is 19.2 Å². The van der Waals surface area contributed by atoms with Gasteiger partial charge in [0.2, 0.25) is 0 Å². The minimum absolute atomic E-state index is 0.0821. The average molecular weight is 456 g/mol. The highest BCUT2D eigenvalue weighted by Gasteiger charge is 2.23. The second kappa shape index (κ2) is 9.97. The van der Waals surface area contributed by atoms with E-state index in [0.717, 1.165) is 10.6 Å². The first-order chi connectivity index (χ1) is 15.6. The zero-order valence-corrected chi connectivity index (χ0v) is 18.9. The van der Waals surface area contributed by atoms with E-state index in [1.165, 1.54) is 11.3 Å². The number of nitro benzene ring substituents is 1. The number of morpholine rings is 1. The second-order valence-corrected chi connectivity index (χ2v) is 7.98. The van der Waals surface area contributed by atoms with Gasteiger partial charge < -0.3 is 19.1 Å². The average Bonchev–Trinajstić information content (AvgIpc) is 3.31. The minimum Gasteiger partial charge on any atom is -0.490 e. The molecule has 0 N–H and O–H groups in total. The maximum Gasteiger partial charge on any atom is 0.293 e. The summed E-state index contributed by atoms with van der Waals surface area (Å²) in [6, 6.07) is 11.0. The van der Waals surface area contributed by atoms with Crippen LogP contribution in [0, 0.1) is 10.1 Å². The predicted octanol–water partition coefficient (Wildman–Crippen LogP) is 5.02. The lowest BCUT2D eigenvalue weighted by atomic mass is 10.1. The van der Waals surface area contributed by atoms with Crippen LogP contribution in [0.15, 0.2) is 41.8 Å². The van der Waals surface area contributed by atoms with Crippen molar-refractivity contribution < 1.29 is 19.1 Å². The Morgan fingerprint density at radius 1 is 1.06 bits per heavy atom. The fourth-order valence-corrected chi connectivity index (χ4v) is 4.45. The molecule has 0 aliphatic carbocycles. The molecule has 1 aliphatic rings. The van der Waals surface area contributed by atoms with Gasteiger partial charge in [0.05, 0.1) is 37.0 Å². The molecule has 4 rings (SSSR count). The Labute approximate surface area is 190 Å². The highest BCUT2D eigenvalue weighted by atomic mass is 32.1. The number of benzene rings is 2. The summed E-state index contributed by atoms with van der Waals surface area (Å²) in [5, 5.41) is 14.5. The second-order valence-electron chi connectivity index (χ2n) is 7.13. The van der Waals surface area contributed by atoms with Gasteiger partial charge in [0, 0.05) is 35.7 Å². The van der Waals surface area contributed by atoms with Gasteiger partial charge in [-0.15, -0.1) is 11.3 Å². The van der Waals surface area contributed by atoms with Crippen LogP contribution in [-0.2, 0) is 4.74 Å². The van der Waals surface area contributed by atoms with Crippen LogP contribution in [0.1, 0.15) is 13.8 Å². The van der Waals surface area contributed by atoms with Crippen LogP contribution in [0.5, 0.6) is 11.5 Å². The van der Waals surface area contributed by atoms with E-state index in [9.17, 15) is 10.1 Å². The van der Waals surface area contributed by atoms with Crippen molar-refractivity contribution in [3.8, 4) is 33.3 Å². The largest absolute Gasteiger partial charge is 0.490 e. The number of hydrogen-bond donors (Lipinski definition) is 0. The van der Waals surface area contributed by atoms with Crippen LogP contribution in [0.3, 0.4) is 0 Å². The fourth-order valence-electron chi connectivity index (χ4n) is 3.62. The summed E-state index contributed by atoms with van der Waals surface area (Å²) in [6.45, 7) is 7.37.